The minimum Gasteiger partial charge on any atom is -0.344 e. The standard InChI is InChI=1S/C12H23N3O2/c1-10(8-13)4-5-11(16)15-7-3-6-14(2)12(17)9-15/h10H,3-9,13H2,1-2H3. The average Bonchev–Trinajstić information content (AvgIpc) is 2.48. The first-order chi connectivity index (χ1) is 8.04. The fraction of sp³-hybridized carbons (Fsp3) is 0.833. The second kappa shape index (κ2) is 6.59. The van der Waals surface area contributed by atoms with Crippen LogP contribution in [-0.2, 0) is 9.59 Å². The van der Waals surface area contributed by atoms with Crippen LogP contribution in [0.5, 0.6) is 0 Å². The summed E-state index contributed by atoms with van der Waals surface area (Å²) in [4.78, 5) is 26.9. The third-order valence-electron chi connectivity index (χ3n) is 3.28. The Labute approximate surface area is 103 Å². The number of nitrogens with zero attached hydrogens (tertiary/aromatic N) is 2. The van der Waals surface area contributed by atoms with Gasteiger partial charge in [-0.25, -0.2) is 0 Å². The predicted octanol–water partition coefficient (Wildman–Crippen LogP) is 0.0521. The van der Waals surface area contributed by atoms with Crippen LogP contribution in [0.25, 0.3) is 0 Å². The smallest absolute Gasteiger partial charge is 0.241 e. The molecule has 1 unspecified atom stereocenters. The first-order valence-corrected chi connectivity index (χ1v) is 6.26. The van der Waals surface area contributed by atoms with E-state index < -0.39 is 0 Å². The molecule has 1 atom stereocenters. The maximum atomic E-state index is 11.9. The molecule has 0 aromatic rings. The number of rotatable bonds is 4. The van der Waals surface area contributed by atoms with Gasteiger partial charge in [-0.15, -0.1) is 0 Å². The molecule has 17 heavy (non-hydrogen) atoms. The van der Waals surface area contributed by atoms with E-state index in [9.17, 15) is 9.59 Å². The SMILES string of the molecule is CC(CN)CCC(=O)N1CCCN(C)C(=O)C1. The molecule has 5 nitrogen and oxygen atoms in total. The zero-order valence-corrected chi connectivity index (χ0v) is 10.8. The second-order valence-corrected chi connectivity index (χ2v) is 4.86. The van der Waals surface area contributed by atoms with E-state index in [0.717, 1.165) is 19.4 Å². The van der Waals surface area contributed by atoms with Crippen molar-refractivity contribution in [2.24, 2.45) is 11.7 Å². The summed E-state index contributed by atoms with van der Waals surface area (Å²) in [6.07, 6.45) is 2.16. The van der Waals surface area contributed by atoms with Crippen molar-refractivity contribution in [3.8, 4) is 0 Å². The molecule has 0 aromatic carbocycles. The van der Waals surface area contributed by atoms with Crippen LogP contribution in [0, 0.1) is 5.92 Å². The minimum absolute atomic E-state index is 0.0303. The fourth-order valence-corrected chi connectivity index (χ4v) is 1.85. The van der Waals surface area contributed by atoms with Gasteiger partial charge in [0.05, 0.1) is 6.54 Å². The predicted molar refractivity (Wildman–Crippen MR) is 66.3 cm³/mol. The normalized spacial score (nSPS) is 19.1. The Balaban J connectivity index is 2.43. The molecule has 1 saturated heterocycles. The number of amides is 2. The van der Waals surface area contributed by atoms with Crippen LogP contribution in [0.1, 0.15) is 26.2 Å². The Morgan fingerprint density at radius 1 is 1.47 bits per heavy atom. The zero-order valence-electron chi connectivity index (χ0n) is 10.8. The molecule has 0 bridgehead atoms. The van der Waals surface area contributed by atoms with Gasteiger partial charge in [-0.3, -0.25) is 9.59 Å². The Bertz CT molecular complexity index is 281. The molecule has 1 fully saturated rings. The van der Waals surface area contributed by atoms with Crippen molar-refractivity contribution in [2.75, 3.05) is 33.2 Å². The Morgan fingerprint density at radius 2 is 2.18 bits per heavy atom. The van der Waals surface area contributed by atoms with Crippen molar-refractivity contribution in [3.05, 3.63) is 0 Å². The van der Waals surface area contributed by atoms with Gasteiger partial charge in [0, 0.05) is 26.6 Å². The third kappa shape index (κ3) is 4.34. The van der Waals surface area contributed by atoms with E-state index in [4.69, 9.17) is 5.73 Å². The van der Waals surface area contributed by atoms with Gasteiger partial charge >= 0.3 is 0 Å². The maximum Gasteiger partial charge on any atom is 0.241 e. The minimum atomic E-state index is 0.0303. The van der Waals surface area contributed by atoms with Gasteiger partial charge in [-0.05, 0) is 25.3 Å². The topological polar surface area (TPSA) is 66.6 Å². The van der Waals surface area contributed by atoms with Crippen molar-refractivity contribution in [1.29, 1.82) is 0 Å². The Hall–Kier alpha value is -1.10. The van der Waals surface area contributed by atoms with Crippen LogP contribution in [0.4, 0.5) is 0 Å². The van der Waals surface area contributed by atoms with E-state index in [2.05, 4.69) is 0 Å². The van der Waals surface area contributed by atoms with Crippen LogP contribution in [-0.4, -0.2) is 54.8 Å². The van der Waals surface area contributed by atoms with Gasteiger partial charge in [0.2, 0.25) is 11.8 Å². The van der Waals surface area contributed by atoms with Crippen LogP contribution in [0.3, 0.4) is 0 Å². The number of hydrogen-bond acceptors (Lipinski definition) is 3. The molecule has 5 heteroatoms. The second-order valence-electron chi connectivity index (χ2n) is 4.86. The summed E-state index contributed by atoms with van der Waals surface area (Å²) in [5.41, 5.74) is 5.52. The highest BCUT2D eigenvalue weighted by Gasteiger charge is 2.22. The van der Waals surface area contributed by atoms with Gasteiger partial charge in [0.1, 0.15) is 0 Å². The highest BCUT2D eigenvalue weighted by molar-refractivity contribution is 5.85. The number of hydrogen-bond donors (Lipinski definition) is 1. The summed E-state index contributed by atoms with van der Waals surface area (Å²) in [6, 6.07) is 0. The summed E-state index contributed by atoms with van der Waals surface area (Å²) in [7, 11) is 1.78. The number of nitrogens with two attached hydrogens (primary N) is 1. The van der Waals surface area contributed by atoms with E-state index in [1.807, 2.05) is 6.92 Å². The molecule has 0 saturated carbocycles. The van der Waals surface area contributed by atoms with Crippen LogP contribution < -0.4 is 5.73 Å². The molecular weight excluding hydrogens is 218 g/mol. The van der Waals surface area contributed by atoms with Gasteiger partial charge < -0.3 is 15.5 Å². The van der Waals surface area contributed by atoms with E-state index in [1.165, 1.54) is 0 Å². The van der Waals surface area contributed by atoms with E-state index >= 15 is 0 Å². The molecule has 1 aliphatic rings. The van der Waals surface area contributed by atoms with Crippen LogP contribution in [0.15, 0.2) is 0 Å². The fourth-order valence-electron chi connectivity index (χ4n) is 1.85. The van der Waals surface area contributed by atoms with E-state index in [-0.39, 0.29) is 18.4 Å². The summed E-state index contributed by atoms with van der Waals surface area (Å²) >= 11 is 0. The van der Waals surface area contributed by atoms with E-state index in [1.54, 1.807) is 16.8 Å². The first kappa shape index (κ1) is 14.0. The van der Waals surface area contributed by atoms with Crippen molar-refractivity contribution in [3.63, 3.8) is 0 Å². The molecule has 1 aliphatic heterocycles. The number of carbonyl (C=O) groups excluding carboxylic acids is 2. The molecule has 2 amide bonds. The zero-order chi connectivity index (χ0) is 12.8. The summed E-state index contributed by atoms with van der Waals surface area (Å²) < 4.78 is 0. The van der Waals surface area contributed by atoms with Crippen molar-refractivity contribution < 1.29 is 9.59 Å². The maximum absolute atomic E-state index is 11.9. The summed E-state index contributed by atoms with van der Waals surface area (Å²) in [5, 5.41) is 0. The van der Waals surface area contributed by atoms with Gasteiger partial charge in [0.15, 0.2) is 0 Å². The molecule has 1 heterocycles. The van der Waals surface area contributed by atoms with Crippen LogP contribution >= 0.6 is 0 Å². The summed E-state index contributed by atoms with van der Waals surface area (Å²) in [6.45, 7) is 4.30. The lowest BCUT2D eigenvalue weighted by Crippen LogP contribution is -2.38. The lowest BCUT2D eigenvalue weighted by molar-refractivity contribution is -0.138. The molecule has 0 aliphatic carbocycles. The van der Waals surface area contributed by atoms with Crippen molar-refractivity contribution in [2.45, 2.75) is 26.2 Å². The van der Waals surface area contributed by atoms with Crippen LogP contribution in [0.2, 0.25) is 0 Å². The monoisotopic (exact) mass is 241 g/mol. The molecular formula is C12H23N3O2. The molecule has 2 N–H and O–H groups in total. The first-order valence-electron chi connectivity index (χ1n) is 6.26. The van der Waals surface area contributed by atoms with Gasteiger partial charge in [0.25, 0.3) is 0 Å². The van der Waals surface area contributed by atoms with Gasteiger partial charge in [-0.2, -0.15) is 0 Å². The van der Waals surface area contributed by atoms with E-state index in [0.29, 0.717) is 25.4 Å². The Kier molecular flexibility index (Phi) is 5.41. The molecule has 0 aromatic heterocycles. The highest BCUT2D eigenvalue weighted by Crippen LogP contribution is 2.09. The molecule has 98 valence electrons. The molecule has 0 radical (unpaired) electrons. The highest BCUT2D eigenvalue weighted by atomic mass is 16.2. The lowest BCUT2D eigenvalue weighted by Gasteiger charge is -2.20. The summed E-state index contributed by atoms with van der Waals surface area (Å²) in [5.74, 6) is 0.473. The molecule has 1 rings (SSSR count). The molecule has 0 spiro atoms. The largest absolute Gasteiger partial charge is 0.344 e. The lowest BCUT2D eigenvalue weighted by atomic mass is 10.1. The van der Waals surface area contributed by atoms with Crippen molar-refractivity contribution >= 4 is 11.8 Å². The third-order valence-corrected chi connectivity index (χ3v) is 3.28. The van der Waals surface area contributed by atoms with Crippen molar-refractivity contribution in [1.82, 2.24) is 9.80 Å². The van der Waals surface area contributed by atoms with Gasteiger partial charge in [-0.1, -0.05) is 6.92 Å². The number of likely N-dealkylation sites (N-methyl/N-ethyl adjacent to an activating group) is 1. The quantitative estimate of drug-likeness (QED) is 0.756. The Morgan fingerprint density at radius 3 is 2.82 bits per heavy atom. The average molecular weight is 241 g/mol. The number of carbonyl (C=O) groups is 2.